The van der Waals surface area contributed by atoms with Gasteiger partial charge in [0.2, 0.25) is 0 Å². The highest BCUT2D eigenvalue weighted by Crippen LogP contribution is 2.13. The average molecular weight is 341 g/mol. The highest BCUT2D eigenvalue weighted by molar-refractivity contribution is 7.85. The van der Waals surface area contributed by atoms with Gasteiger partial charge in [-0.25, -0.2) is 0 Å². The Bertz CT molecular complexity index is 305. The fourth-order valence-electron chi connectivity index (χ4n) is 2.66. The number of halogens is 1. The molecule has 0 bridgehead atoms. The van der Waals surface area contributed by atoms with Gasteiger partial charge < -0.3 is 0 Å². The van der Waals surface area contributed by atoms with Crippen molar-refractivity contribution in [3.63, 3.8) is 0 Å². The third kappa shape index (κ3) is 22.1. The first-order valence-corrected chi connectivity index (χ1v) is 10.6. The third-order valence-electron chi connectivity index (χ3n) is 4.01. The second-order valence-corrected chi connectivity index (χ2v) is 7.81. The molecule has 0 saturated carbocycles. The van der Waals surface area contributed by atoms with E-state index in [1.165, 1.54) is 77.0 Å². The fourth-order valence-corrected chi connectivity index (χ4v) is 3.22. The molecule has 0 fully saturated rings. The van der Waals surface area contributed by atoms with Crippen LogP contribution in [0.15, 0.2) is 0 Å². The summed E-state index contributed by atoms with van der Waals surface area (Å²) in [5.41, 5.74) is 0. The first-order valence-electron chi connectivity index (χ1n) is 9.01. The molecule has 0 aromatic heterocycles. The molecule has 0 rings (SSSR count). The minimum atomic E-state index is -3.74. The lowest BCUT2D eigenvalue weighted by Crippen LogP contribution is -2.03. The van der Waals surface area contributed by atoms with E-state index in [9.17, 15) is 8.42 Å². The molecule has 1 N–H and O–H groups in total. The Balaban J connectivity index is 0. The summed E-state index contributed by atoms with van der Waals surface area (Å²) in [6, 6.07) is 0. The molecule has 0 aliphatic heterocycles. The van der Waals surface area contributed by atoms with E-state index in [2.05, 4.69) is 6.92 Å². The lowest BCUT2D eigenvalue weighted by molar-refractivity contribution is 0.478. The summed E-state index contributed by atoms with van der Waals surface area (Å²) in [6.45, 7) is 2.26. The Labute approximate surface area is 137 Å². The van der Waals surface area contributed by atoms with Crippen molar-refractivity contribution in [2.75, 3.05) is 5.75 Å². The number of hydrogen-bond donors (Lipinski definition) is 1. The standard InChI is InChI=1S/C17H36O3S.FH/c1-2-3-4-5-6-7-8-9-10-11-12-13-14-15-16-17-21(18,19)20;/h2-17H2,1H3,(H,18,19,20);1H. The lowest BCUT2D eigenvalue weighted by atomic mass is 10.0. The van der Waals surface area contributed by atoms with Crippen LogP contribution in [0.5, 0.6) is 0 Å². The lowest BCUT2D eigenvalue weighted by Gasteiger charge is -2.03. The van der Waals surface area contributed by atoms with Gasteiger partial charge in [-0.15, -0.1) is 0 Å². The molecule has 136 valence electrons. The number of rotatable bonds is 16. The van der Waals surface area contributed by atoms with Crippen molar-refractivity contribution in [1.82, 2.24) is 0 Å². The molecule has 5 heteroatoms. The molecular formula is C17H37FO3S. The van der Waals surface area contributed by atoms with Crippen LogP contribution < -0.4 is 0 Å². The van der Waals surface area contributed by atoms with Crippen LogP contribution in [0.1, 0.15) is 103 Å². The van der Waals surface area contributed by atoms with Crippen molar-refractivity contribution >= 4 is 10.1 Å². The smallest absolute Gasteiger partial charge is 0.264 e. The molecule has 0 amide bonds. The average Bonchev–Trinajstić information content (AvgIpc) is 2.42. The third-order valence-corrected chi connectivity index (χ3v) is 4.81. The summed E-state index contributed by atoms with van der Waals surface area (Å²) in [5, 5.41) is 0. The van der Waals surface area contributed by atoms with Crippen molar-refractivity contribution < 1.29 is 17.7 Å². The number of hydrogen-bond acceptors (Lipinski definition) is 2. The monoisotopic (exact) mass is 340 g/mol. The Morgan fingerprint density at radius 3 is 1.14 bits per heavy atom. The van der Waals surface area contributed by atoms with Gasteiger partial charge in [0.25, 0.3) is 10.1 Å². The van der Waals surface area contributed by atoms with Gasteiger partial charge in [0, 0.05) is 0 Å². The van der Waals surface area contributed by atoms with Gasteiger partial charge in [-0.05, 0) is 6.42 Å². The molecule has 0 aliphatic carbocycles. The largest absolute Gasteiger partial charge is 0.286 e. The van der Waals surface area contributed by atoms with Crippen LogP contribution in [0.2, 0.25) is 0 Å². The minimum Gasteiger partial charge on any atom is -0.286 e. The van der Waals surface area contributed by atoms with Crippen LogP contribution in [-0.2, 0) is 10.1 Å². The molecule has 3 nitrogen and oxygen atoms in total. The van der Waals surface area contributed by atoms with Crippen LogP contribution in [0.4, 0.5) is 4.70 Å². The second-order valence-electron chi connectivity index (χ2n) is 6.24. The zero-order chi connectivity index (χ0) is 15.8. The molecule has 0 unspecified atom stereocenters. The molecule has 22 heavy (non-hydrogen) atoms. The highest BCUT2D eigenvalue weighted by atomic mass is 32.2. The topological polar surface area (TPSA) is 54.4 Å². The van der Waals surface area contributed by atoms with Gasteiger partial charge in [-0.3, -0.25) is 9.26 Å². The molecule has 0 radical (unpaired) electrons. The molecule has 0 saturated heterocycles. The molecule has 0 spiro atoms. The van der Waals surface area contributed by atoms with E-state index in [0.717, 1.165) is 12.8 Å². The molecule has 0 atom stereocenters. The second kappa shape index (κ2) is 17.2. The Morgan fingerprint density at radius 2 is 0.864 bits per heavy atom. The van der Waals surface area contributed by atoms with Crippen LogP contribution in [0.3, 0.4) is 0 Å². The van der Waals surface area contributed by atoms with Gasteiger partial charge in [-0.1, -0.05) is 96.8 Å². The van der Waals surface area contributed by atoms with Gasteiger partial charge >= 0.3 is 0 Å². The van der Waals surface area contributed by atoms with Crippen LogP contribution in [0.25, 0.3) is 0 Å². The van der Waals surface area contributed by atoms with Crippen LogP contribution >= 0.6 is 0 Å². The molecule has 0 heterocycles. The van der Waals surface area contributed by atoms with Gasteiger partial charge in [0.05, 0.1) is 5.75 Å². The first kappa shape index (κ1) is 24.1. The van der Waals surface area contributed by atoms with Crippen molar-refractivity contribution in [1.29, 1.82) is 0 Å². The summed E-state index contributed by atoms with van der Waals surface area (Å²) >= 11 is 0. The minimum absolute atomic E-state index is 0. The highest BCUT2D eigenvalue weighted by Gasteiger charge is 2.02. The maximum atomic E-state index is 10.5. The molecule has 0 aromatic rings. The summed E-state index contributed by atoms with van der Waals surface area (Å²) in [5.74, 6) is -0.0781. The number of unbranched alkanes of at least 4 members (excludes halogenated alkanes) is 14. The summed E-state index contributed by atoms with van der Waals surface area (Å²) in [7, 11) is -3.74. The van der Waals surface area contributed by atoms with Gasteiger partial charge in [0.15, 0.2) is 0 Å². The van der Waals surface area contributed by atoms with Crippen molar-refractivity contribution in [3.8, 4) is 0 Å². The normalized spacial score (nSPS) is 11.4. The summed E-state index contributed by atoms with van der Waals surface area (Å²) in [6.07, 6.45) is 18.8. The zero-order valence-electron chi connectivity index (χ0n) is 14.4. The quantitative estimate of drug-likeness (QED) is 0.281. The van der Waals surface area contributed by atoms with Crippen molar-refractivity contribution in [3.05, 3.63) is 0 Å². The van der Waals surface area contributed by atoms with E-state index in [0.29, 0.717) is 6.42 Å². The van der Waals surface area contributed by atoms with Crippen molar-refractivity contribution in [2.24, 2.45) is 0 Å². The summed E-state index contributed by atoms with van der Waals surface area (Å²) in [4.78, 5) is 0. The molecule has 0 aliphatic rings. The SMILES string of the molecule is CCCCCCCCCCCCCCCCCS(=O)(=O)O.F. The fraction of sp³-hybridized carbons (Fsp3) is 1.00. The van der Waals surface area contributed by atoms with Gasteiger partial charge in [0.1, 0.15) is 0 Å². The van der Waals surface area contributed by atoms with E-state index in [1.54, 1.807) is 0 Å². The first-order chi connectivity index (χ1) is 10.1. The van der Waals surface area contributed by atoms with E-state index in [1.807, 2.05) is 0 Å². The van der Waals surface area contributed by atoms with Gasteiger partial charge in [-0.2, -0.15) is 8.42 Å². The molecular weight excluding hydrogens is 303 g/mol. The molecule has 0 aromatic carbocycles. The summed E-state index contributed by atoms with van der Waals surface area (Å²) < 4.78 is 29.6. The Morgan fingerprint density at radius 1 is 0.591 bits per heavy atom. The van der Waals surface area contributed by atoms with Crippen LogP contribution in [-0.4, -0.2) is 18.7 Å². The van der Waals surface area contributed by atoms with E-state index in [4.69, 9.17) is 4.55 Å². The Kier molecular flexibility index (Phi) is 18.8. The maximum absolute atomic E-state index is 10.5. The maximum Gasteiger partial charge on any atom is 0.264 e. The predicted molar refractivity (Wildman–Crippen MR) is 93.8 cm³/mol. The van der Waals surface area contributed by atoms with E-state index < -0.39 is 10.1 Å². The van der Waals surface area contributed by atoms with Crippen LogP contribution in [0, 0.1) is 0 Å². The Hall–Kier alpha value is -0.160. The predicted octanol–water partition coefficient (Wildman–Crippen LogP) is 5.90. The van der Waals surface area contributed by atoms with E-state index >= 15 is 0 Å². The zero-order valence-corrected chi connectivity index (χ0v) is 15.2. The van der Waals surface area contributed by atoms with E-state index in [-0.39, 0.29) is 10.5 Å². The van der Waals surface area contributed by atoms with Crippen molar-refractivity contribution in [2.45, 2.75) is 103 Å².